The summed E-state index contributed by atoms with van der Waals surface area (Å²) in [5.41, 5.74) is 2.84. The molecular weight excluding hydrogens is 402 g/mol. The SMILES string of the molecule is O=C1CCC(C(=O)N2CCC3(C=Cc4ccccc43)CC2)CN1CCCN1CCOCC1. The number of amides is 2. The third-order valence-electron chi connectivity index (χ3n) is 7.90. The van der Waals surface area contributed by atoms with Crippen molar-refractivity contribution in [1.82, 2.24) is 14.7 Å². The first-order valence-corrected chi connectivity index (χ1v) is 12.3. The molecule has 3 heterocycles. The number of rotatable bonds is 5. The number of ether oxygens (including phenoxy) is 1. The normalized spacial score (nSPS) is 25.4. The maximum atomic E-state index is 13.3. The fraction of sp³-hybridized carbons (Fsp3) is 0.615. The summed E-state index contributed by atoms with van der Waals surface area (Å²) in [4.78, 5) is 32.2. The number of piperidine rings is 2. The summed E-state index contributed by atoms with van der Waals surface area (Å²) in [6, 6.07) is 8.65. The minimum absolute atomic E-state index is 0.0449. The Hall–Kier alpha value is -2.18. The second-order valence-electron chi connectivity index (χ2n) is 9.78. The van der Waals surface area contributed by atoms with E-state index in [-0.39, 0.29) is 23.1 Å². The van der Waals surface area contributed by atoms with Crippen LogP contribution < -0.4 is 0 Å². The molecule has 2 amide bonds. The van der Waals surface area contributed by atoms with Crippen LogP contribution in [0.25, 0.3) is 6.08 Å². The number of carbonyl (C=O) groups excluding carboxylic acids is 2. The molecule has 4 aliphatic rings. The topological polar surface area (TPSA) is 53.1 Å². The van der Waals surface area contributed by atoms with E-state index in [2.05, 4.69) is 46.2 Å². The van der Waals surface area contributed by atoms with E-state index in [1.807, 2.05) is 4.90 Å². The van der Waals surface area contributed by atoms with Crippen LogP contribution in [0.15, 0.2) is 30.3 Å². The molecular formula is C26H35N3O3. The molecule has 1 atom stereocenters. The Morgan fingerprint density at radius 3 is 2.66 bits per heavy atom. The van der Waals surface area contributed by atoms with Crippen molar-refractivity contribution >= 4 is 17.9 Å². The van der Waals surface area contributed by atoms with Gasteiger partial charge >= 0.3 is 0 Å². The number of benzene rings is 1. The molecule has 1 aromatic rings. The quantitative estimate of drug-likeness (QED) is 0.711. The summed E-state index contributed by atoms with van der Waals surface area (Å²) in [7, 11) is 0. The van der Waals surface area contributed by atoms with Gasteiger partial charge in [-0.25, -0.2) is 0 Å². The molecule has 1 unspecified atom stereocenters. The fourth-order valence-electron chi connectivity index (χ4n) is 5.90. The molecule has 1 aromatic carbocycles. The monoisotopic (exact) mass is 437 g/mol. The van der Waals surface area contributed by atoms with Crippen LogP contribution >= 0.6 is 0 Å². The van der Waals surface area contributed by atoms with E-state index in [1.54, 1.807) is 0 Å². The Morgan fingerprint density at radius 1 is 1.06 bits per heavy atom. The maximum Gasteiger partial charge on any atom is 0.227 e. The van der Waals surface area contributed by atoms with Crippen molar-refractivity contribution in [3.05, 3.63) is 41.5 Å². The van der Waals surface area contributed by atoms with Gasteiger partial charge in [0, 0.05) is 57.6 Å². The Kier molecular flexibility index (Phi) is 6.33. The maximum absolute atomic E-state index is 13.3. The average Bonchev–Trinajstić information content (AvgIpc) is 3.19. The van der Waals surface area contributed by atoms with Crippen LogP contribution in [0, 0.1) is 5.92 Å². The summed E-state index contributed by atoms with van der Waals surface area (Å²) >= 11 is 0. The first-order valence-electron chi connectivity index (χ1n) is 12.3. The highest BCUT2D eigenvalue weighted by Gasteiger charge is 2.40. The van der Waals surface area contributed by atoms with Crippen LogP contribution in [-0.2, 0) is 19.7 Å². The number of carbonyl (C=O) groups is 2. The van der Waals surface area contributed by atoms with Gasteiger partial charge in [-0.2, -0.15) is 0 Å². The average molecular weight is 438 g/mol. The Morgan fingerprint density at radius 2 is 1.84 bits per heavy atom. The number of hydrogen-bond acceptors (Lipinski definition) is 4. The zero-order valence-corrected chi connectivity index (χ0v) is 19.0. The van der Waals surface area contributed by atoms with Crippen LogP contribution in [0.4, 0.5) is 0 Å². The second kappa shape index (κ2) is 9.36. The Labute approximate surface area is 191 Å². The third kappa shape index (κ3) is 4.35. The zero-order valence-electron chi connectivity index (χ0n) is 19.0. The van der Waals surface area contributed by atoms with Gasteiger partial charge in [-0.05, 0) is 36.8 Å². The van der Waals surface area contributed by atoms with E-state index in [1.165, 1.54) is 11.1 Å². The van der Waals surface area contributed by atoms with Crippen molar-refractivity contribution in [2.75, 3.05) is 59.0 Å². The molecule has 172 valence electrons. The molecule has 32 heavy (non-hydrogen) atoms. The largest absolute Gasteiger partial charge is 0.379 e. The molecule has 3 aliphatic heterocycles. The van der Waals surface area contributed by atoms with Gasteiger partial charge in [0.15, 0.2) is 0 Å². The summed E-state index contributed by atoms with van der Waals surface area (Å²) < 4.78 is 5.41. The number of hydrogen-bond donors (Lipinski definition) is 0. The highest BCUT2D eigenvalue weighted by Crippen LogP contribution is 2.43. The molecule has 0 N–H and O–H groups in total. The predicted molar refractivity (Wildman–Crippen MR) is 124 cm³/mol. The van der Waals surface area contributed by atoms with E-state index >= 15 is 0 Å². The molecule has 0 radical (unpaired) electrons. The summed E-state index contributed by atoms with van der Waals surface area (Å²) in [5, 5.41) is 0. The highest BCUT2D eigenvalue weighted by atomic mass is 16.5. The zero-order chi connectivity index (χ0) is 22.0. The van der Waals surface area contributed by atoms with Gasteiger partial charge in [-0.1, -0.05) is 36.4 Å². The van der Waals surface area contributed by atoms with E-state index < -0.39 is 0 Å². The molecule has 6 heteroatoms. The molecule has 3 fully saturated rings. The van der Waals surface area contributed by atoms with Crippen LogP contribution in [0.2, 0.25) is 0 Å². The molecule has 5 rings (SSSR count). The van der Waals surface area contributed by atoms with Crippen LogP contribution in [-0.4, -0.2) is 85.5 Å². The van der Waals surface area contributed by atoms with E-state index in [9.17, 15) is 9.59 Å². The number of morpholine rings is 1. The third-order valence-corrected chi connectivity index (χ3v) is 7.90. The Bertz CT molecular complexity index is 869. The van der Waals surface area contributed by atoms with Gasteiger partial charge in [0.2, 0.25) is 11.8 Å². The summed E-state index contributed by atoms with van der Waals surface area (Å²) in [6.07, 6.45) is 8.74. The molecule has 0 aromatic heterocycles. The van der Waals surface area contributed by atoms with Gasteiger partial charge in [-0.15, -0.1) is 0 Å². The van der Waals surface area contributed by atoms with Gasteiger partial charge in [-0.3, -0.25) is 14.5 Å². The molecule has 1 spiro atoms. The van der Waals surface area contributed by atoms with Crippen molar-refractivity contribution in [2.24, 2.45) is 5.92 Å². The minimum atomic E-state index is -0.0449. The van der Waals surface area contributed by atoms with Crippen molar-refractivity contribution in [3.63, 3.8) is 0 Å². The molecule has 0 bridgehead atoms. The number of likely N-dealkylation sites (tertiary alicyclic amines) is 2. The van der Waals surface area contributed by atoms with Crippen LogP contribution in [0.3, 0.4) is 0 Å². The second-order valence-corrected chi connectivity index (χ2v) is 9.78. The number of allylic oxidation sites excluding steroid dienone is 1. The van der Waals surface area contributed by atoms with Gasteiger partial charge in [0.25, 0.3) is 0 Å². The summed E-state index contributed by atoms with van der Waals surface area (Å²) in [6.45, 7) is 7.51. The van der Waals surface area contributed by atoms with Crippen molar-refractivity contribution in [2.45, 2.75) is 37.5 Å². The van der Waals surface area contributed by atoms with E-state index in [4.69, 9.17) is 4.74 Å². The lowest BCUT2D eigenvalue weighted by atomic mass is 9.74. The smallest absolute Gasteiger partial charge is 0.227 e. The predicted octanol–water partition coefficient (Wildman–Crippen LogP) is 2.53. The number of nitrogens with zero attached hydrogens (tertiary/aromatic N) is 3. The first-order chi connectivity index (χ1) is 15.6. The minimum Gasteiger partial charge on any atom is -0.379 e. The lowest BCUT2D eigenvalue weighted by Gasteiger charge is -2.41. The van der Waals surface area contributed by atoms with Crippen LogP contribution in [0.5, 0.6) is 0 Å². The standard InChI is InChI=1S/C26H35N3O3/c30-24-7-6-22(20-29(24)13-3-12-27-16-18-32-19-17-27)25(31)28-14-10-26(11-15-28)9-8-21-4-1-2-5-23(21)26/h1-2,4-5,8-9,22H,3,6-7,10-20H2. The molecule has 6 nitrogen and oxygen atoms in total. The van der Waals surface area contributed by atoms with Crippen molar-refractivity contribution in [3.8, 4) is 0 Å². The fourth-order valence-corrected chi connectivity index (χ4v) is 5.90. The van der Waals surface area contributed by atoms with E-state index in [0.717, 1.165) is 71.7 Å². The molecule has 3 saturated heterocycles. The van der Waals surface area contributed by atoms with Gasteiger partial charge < -0.3 is 14.5 Å². The lowest BCUT2D eigenvalue weighted by Crippen LogP contribution is -2.51. The molecule has 1 aliphatic carbocycles. The Balaban J connectivity index is 1.13. The first kappa shape index (κ1) is 21.7. The summed E-state index contributed by atoms with van der Waals surface area (Å²) in [5.74, 6) is 0.415. The van der Waals surface area contributed by atoms with Gasteiger partial charge in [0.1, 0.15) is 0 Å². The molecule has 0 saturated carbocycles. The van der Waals surface area contributed by atoms with Gasteiger partial charge in [0.05, 0.1) is 19.1 Å². The lowest BCUT2D eigenvalue weighted by molar-refractivity contribution is -0.144. The highest BCUT2D eigenvalue weighted by molar-refractivity contribution is 5.84. The van der Waals surface area contributed by atoms with Crippen molar-refractivity contribution in [1.29, 1.82) is 0 Å². The number of fused-ring (bicyclic) bond motifs is 2. The van der Waals surface area contributed by atoms with Crippen LogP contribution in [0.1, 0.15) is 43.2 Å². The van der Waals surface area contributed by atoms with E-state index in [0.29, 0.717) is 19.4 Å². The van der Waals surface area contributed by atoms with Crippen molar-refractivity contribution < 1.29 is 14.3 Å².